The summed E-state index contributed by atoms with van der Waals surface area (Å²) >= 11 is 9.50. The number of aliphatic imine (C=N–C) groups is 1. The van der Waals surface area contributed by atoms with Crippen molar-refractivity contribution in [1.29, 1.82) is 0 Å². The summed E-state index contributed by atoms with van der Waals surface area (Å²) < 4.78 is 41.5. The molecule has 0 unspecified atom stereocenters. The van der Waals surface area contributed by atoms with Gasteiger partial charge in [-0.25, -0.2) is 17.8 Å². The van der Waals surface area contributed by atoms with Gasteiger partial charge in [0.15, 0.2) is 14.9 Å². The average molecular weight is 481 g/mol. The van der Waals surface area contributed by atoms with Crippen molar-refractivity contribution in [3.05, 3.63) is 94.6 Å². The van der Waals surface area contributed by atoms with Crippen molar-refractivity contribution >= 4 is 40.0 Å². The van der Waals surface area contributed by atoms with E-state index < -0.39 is 9.84 Å². The molecule has 1 aromatic carbocycles. The van der Waals surface area contributed by atoms with E-state index in [0.717, 1.165) is 17.4 Å². The first-order chi connectivity index (χ1) is 14.6. The number of allylic oxidation sites excluding steroid dienone is 3. The second kappa shape index (κ2) is 11.8. The normalized spacial score (nSPS) is 14.0. The SMILES string of the molecule is C=C(S)OC(=NCc1ccc(S(C)(=O)=O)cc1)C1=CC=C(F)CC1.Clc1cccnc1. The van der Waals surface area contributed by atoms with Gasteiger partial charge in [-0.3, -0.25) is 4.98 Å². The Kier molecular flexibility index (Phi) is 9.48. The molecule has 9 heteroatoms. The molecule has 31 heavy (non-hydrogen) atoms. The first-order valence-corrected chi connectivity index (χ1v) is 11.9. The molecule has 0 spiro atoms. The van der Waals surface area contributed by atoms with E-state index >= 15 is 0 Å². The number of ether oxygens (including phenoxy) is 1. The summed E-state index contributed by atoms with van der Waals surface area (Å²) in [6.07, 6.45) is 8.24. The maximum absolute atomic E-state index is 13.1. The summed E-state index contributed by atoms with van der Waals surface area (Å²) in [5, 5.41) is 0.875. The quantitative estimate of drug-likeness (QED) is 0.257. The lowest BCUT2D eigenvalue weighted by molar-refractivity contribution is 0.453. The van der Waals surface area contributed by atoms with E-state index in [0.29, 0.717) is 30.3 Å². The molecular weight excluding hydrogens is 459 g/mol. The largest absolute Gasteiger partial charge is 0.433 e. The van der Waals surface area contributed by atoms with Crippen molar-refractivity contribution in [3.8, 4) is 0 Å². The molecule has 164 valence electrons. The van der Waals surface area contributed by atoms with Gasteiger partial charge in [-0.05, 0) is 48.9 Å². The smallest absolute Gasteiger partial charge is 0.218 e. The molecule has 0 N–H and O–H groups in total. The monoisotopic (exact) mass is 480 g/mol. The molecule has 1 aliphatic carbocycles. The van der Waals surface area contributed by atoms with Crippen LogP contribution in [0.3, 0.4) is 0 Å². The minimum Gasteiger partial charge on any atom is -0.433 e. The van der Waals surface area contributed by atoms with Crippen LogP contribution < -0.4 is 0 Å². The van der Waals surface area contributed by atoms with Crippen molar-refractivity contribution in [2.75, 3.05) is 6.26 Å². The van der Waals surface area contributed by atoms with E-state index in [-0.39, 0.29) is 15.8 Å². The molecule has 0 amide bonds. The number of sulfone groups is 1. The number of aromatic nitrogens is 1. The van der Waals surface area contributed by atoms with Crippen LogP contribution in [0.25, 0.3) is 0 Å². The molecule has 0 saturated carbocycles. The van der Waals surface area contributed by atoms with Gasteiger partial charge in [-0.2, -0.15) is 0 Å². The summed E-state index contributed by atoms with van der Waals surface area (Å²) in [5.41, 5.74) is 1.59. The standard InChI is InChI=1S/C17H18FNO3S2.C5H4ClN/c1-12(23)22-17(14-5-7-15(18)8-6-14)19-11-13-3-9-16(10-4-13)24(2,20)21;6-5-2-1-3-7-4-5/h3-5,7,9-10,23H,1,6,8,11H2,2H3;1-4H. The lowest BCUT2D eigenvalue weighted by Crippen LogP contribution is -2.09. The van der Waals surface area contributed by atoms with E-state index in [1.54, 1.807) is 42.7 Å². The Labute approximate surface area is 192 Å². The predicted octanol–water partition coefficient (Wildman–Crippen LogP) is 5.71. The highest BCUT2D eigenvalue weighted by molar-refractivity contribution is 7.90. The fourth-order valence-corrected chi connectivity index (χ4v) is 3.29. The molecular formula is C22H22ClFN2O3S2. The molecule has 0 atom stereocenters. The molecule has 1 aromatic heterocycles. The highest BCUT2D eigenvalue weighted by Crippen LogP contribution is 2.22. The van der Waals surface area contributed by atoms with Crippen molar-refractivity contribution in [1.82, 2.24) is 4.98 Å². The van der Waals surface area contributed by atoms with E-state index in [4.69, 9.17) is 16.3 Å². The number of hydrogen-bond donors (Lipinski definition) is 1. The van der Waals surface area contributed by atoms with Gasteiger partial charge in [0.2, 0.25) is 5.90 Å². The number of thiol groups is 1. The highest BCUT2D eigenvalue weighted by atomic mass is 35.5. The molecule has 3 rings (SSSR count). The molecule has 0 aliphatic heterocycles. The Balaban J connectivity index is 0.000000412. The zero-order valence-electron chi connectivity index (χ0n) is 16.8. The number of nitrogens with zero attached hydrogens (tertiary/aromatic N) is 2. The summed E-state index contributed by atoms with van der Waals surface area (Å²) in [4.78, 5) is 8.40. The number of halogens is 2. The summed E-state index contributed by atoms with van der Waals surface area (Å²) in [6.45, 7) is 3.87. The van der Waals surface area contributed by atoms with Crippen LogP contribution in [-0.2, 0) is 21.1 Å². The van der Waals surface area contributed by atoms with E-state index in [1.165, 1.54) is 18.2 Å². The fourth-order valence-electron chi connectivity index (χ4n) is 2.45. The van der Waals surface area contributed by atoms with E-state index in [9.17, 15) is 12.8 Å². The molecule has 0 bridgehead atoms. The number of rotatable bonds is 5. The third-order valence-corrected chi connectivity index (χ3v) is 5.41. The minimum atomic E-state index is -3.22. The molecule has 1 heterocycles. The van der Waals surface area contributed by atoms with Crippen LogP contribution in [0.2, 0.25) is 5.02 Å². The van der Waals surface area contributed by atoms with E-state index in [2.05, 4.69) is 29.2 Å². The fraction of sp³-hybridized carbons (Fsp3) is 0.182. The van der Waals surface area contributed by atoms with Crippen LogP contribution in [0.15, 0.2) is 93.9 Å². The second-order valence-corrected chi connectivity index (χ2v) is 9.46. The van der Waals surface area contributed by atoms with Crippen molar-refractivity contribution in [3.63, 3.8) is 0 Å². The van der Waals surface area contributed by atoms with Gasteiger partial charge in [0.05, 0.1) is 16.5 Å². The zero-order valence-corrected chi connectivity index (χ0v) is 19.3. The minimum absolute atomic E-state index is 0.181. The topological polar surface area (TPSA) is 68.6 Å². The van der Waals surface area contributed by atoms with Crippen LogP contribution in [0, 0.1) is 0 Å². The van der Waals surface area contributed by atoms with Crippen LogP contribution in [0.4, 0.5) is 4.39 Å². The van der Waals surface area contributed by atoms with Crippen LogP contribution in [-0.4, -0.2) is 25.6 Å². The van der Waals surface area contributed by atoms with Crippen molar-refractivity contribution in [2.24, 2.45) is 4.99 Å². The Hall–Kier alpha value is -2.42. The first kappa shape index (κ1) is 24.8. The van der Waals surface area contributed by atoms with Crippen LogP contribution in [0.1, 0.15) is 18.4 Å². The van der Waals surface area contributed by atoms with Crippen LogP contribution >= 0.6 is 24.2 Å². The van der Waals surface area contributed by atoms with Gasteiger partial charge in [-0.15, -0.1) is 12.6 Å². The molecule has 1 aliphatic rings. The third-order valence-electron chi connectivity index (χ3n) is 3.97. The molecule has 0 fully saturated rings. The summed E-state index contributed by atoms with van der Waals surface area (Å²) in [5.74, 6) is 0.158. The third kappa shape index (κ3) is 9.08. The van der Waals surface area contributed by atoms with Crippen LogP contribution in [0.5, 0.6) is 0 Å². The first-order valence-electron chi connectivity index (χ1n) is 9.15. The predicted molar refractivity (Wildman–Crippen MR) is 126 cm³/mol. The zero-order chi connectivity index (χ0) is 22.9. The Morgan fingerprint density at radius 1 is 1.26 bits per heavy atom. The van der Waals surface area contributed by atoms with Gasteiger partial charge < -0.3 is 4.74 Å². The number of pyridine rings is 1. The maximum atomic E-state index is 13.1. The summed E-state index contributed by atoms with van der Waals surface area (Å²) in [7, 11) is -3.22. The molecule has 5 nitrogen and oxygen atoms in total. The van der Waals surface area contributed by atoms with Gasteiger partial charge in [0, 0.05) is 30.6 Å². The lowest BCUT2D eigenvalue weighted by atomic mass is 10.0. The molecule has 0 radical (unpaired) electrons. The van der Waals surface area contributed by atoms with Crippen molar-refractivity contribution in [2.45, 2.75) is 24.3 Å². The Bertz CT molecular complexity index is 1100. The highest BCUT2D eigenvalue weighted by Gasteiger charge is 2.14. The Morgan fingerprint density at radius 2 is 1.97 bits per heavy atom. The molecule has 0 saturated heterocycles. The van der Waals surface area contributed by atoms with Gasteiger partial charge in [0.25, 0.3) is 0 Å². The molecule has 2 aromatic rings. The van der Waals surface area contributed by atoms with Crippen molar-refractivity contribution < 1.29 is 17.5 Å². The number of benzene rings is 1. The van der Waals surface area contributed by atoms with Gasteiger partial charge in [0.1, 0.15) is 5.83 Å². The Morgan fingerprint density at radius 3 is 2.42 bits per heavy atom. The second-order valence-electron chi connectivity index (χ2n) is 6.51. The maximum Gasteiger partial charge on any atom is 0.218 e. The van der Waals surface area contributed by atoms with E-state index in [1.807, 2.05) is 0 Å². The average Bonchev–Trinajstić information content (AvgIpc) is 2.72. The van der Waals surface area contributed by atoms with Gasteiger partial charge >= 0.3 is 0 Å². The summed E-state index contributed by atoms with van der Waals surface area (Å²) in [6, 6.07) is 10.0. The number of hydrogen-bond acceptors (Lipinski definition) is 6. The lowest BCUT2D eigenvalue weighted by Gasteiger charge is -2.14. The van der Waals surface area contributed by atoms with Gasteiger partial charge in [-0.1, -0.05) is 29.8 Å².